The van der Waals surface area contributed by atoms with Crippen molar-refractivity contribution in [2.24, 2.45) is 28.6 Å². The first-order chi connectivity index (χ1) is 12.0. The molecule has 5 rings (SSSR count). The molecule has 6 heteroatoms. The quantitative estimate of drug-likeness (QED) is 0.702. The lowest BCUT2D eigenvalue weighted by molar-refractivity contribution is -0.133. The van der Waals surface area contributed by atoms with Crippen LogP contribution in [-0.2, 0) is 19.4 Å². The van der Waals surface area contributed by atoms with Crippen molar-refractivity contribution in [2.75, 3.05) is 6.26 Å². The number of ketones is 1. The van der Waals surface area contributed by atoms with Crippen molar-refractivity contribution in [3.05, 3.63) is 0 Å². The summed E-state index contributed by atoms with van der Waals surface area (Å²) in [6.07, 6.45) is 6.75. The second-order valence-electron chi connectivity index (χ2n) is 10.3. The number of fused-ring (bicyclic) bond motifs is 4. The number of hydrogen-bond acceptors (Lipinski definition) is 5. The molecule has 5 nitrogen and oxygen atoms in total. The lowest BCUT2D eigenvalue weighted by Gasteiger charge is -2.59. The van der Waals surface area contributed by atoms with Crippen molar-refractivity contribution in [3.63, 3.8) is 0 Å². The molecule has 1 heterocycles. The first-order valence-electron chi connectivity index (χ1n) is 10.1. The maximum atomic E-state index is 12.7. The van der Waals surface area contributed by atoms with Crippen molar-refractivity contribution in [1.29, 1.82) is 0 Å². The molecule has 4 aliphatic carbocycles. The van der Waals surface area contributed by atoms with Gasteiger partial charge >= 0.3 is 0 Å². The predicted octanol–water partition coefficient (Wildman–Crippen LogP) is 2.11. The van der Waals surface area contributed by atoms with Gasteiger partial charge < -0.3 is 9.84 Å². The Bertz CT molecular complexity index is 777. The summed E-state index contributed by atoms with van der Waals surface area (Å²) in [6.45, 7) is 4.45. The predicted molar refractivity (Wildman–Crippen MR) is 96.3 cm³/mol. The van der Waals surface area contributed by atoms with Crippen LogP contribution in [0.1, 0.15) is 58.8 Å². The van der Waals surface area contributed by atoms with Gasteiger partial charge in [-0.3, -0.25) is 4.79 Å². The van der Waals surface area contributed by atoms with Gasteiger partial charge in [0, 0.05) is 11.7 Å². The molecule has 0 aromatic carbocycles. The van der Waals surface area contributed by atoms with Gasteiger partial charge in [0.2, 0.25) is 0 Å². The van der Waals surface area contributed by atoms with Gasteiger partial charge in [0.1, 0.15) is 17.0 Å². The lowest BCUT2D eigenvalue weighted by atomic mass is 9.45. The third-order valence-electron chi connectivity index (χ3n) is 9.42. The third-order valence-corrected chi connectivity index (χ3v) is 10.9. The second kappa shape index (κ2) is 4.93. The number of aliphatic hydroxyl groups is 1. The van der Waals surface area contributed by atoms with Gasteiger partial charge in [-0.05, 0) is 68.1 Å². The van der Waals surface area contributed by atoms with Gasteiger partial charge in [0.15, 0.2) is 15.6 Å². The monoisotopic (exact) mass is 382 g/mol. The summed E-state index contributed by atoms with van der Waals surface area (Å²) in [5.74, 6) is 1.21. The largest absolute Gasteiger partial charge is 0.393 e. The smallest absolute Gasteiger partial charge is 0.182 e. The van der Waals surface area contributed by atoms with Crippen LogP contribution in [0, 0.1) is 28.6 Å². The topological polar surface area (TPSA) is 84.0 Å². The Kier molecular flexibility index (Phi) is 3.34. The fourth-order valence-corrected chi connectivity index (χ4v) is 9.06. The minimum Gasteiger partial charge on any atom is -0.393 e. The second-order valence-corrected chi connectivity index (χ2v) is 12.5. The van der Waals surface area contributed by atoms with Gasteiger partial charge in [-0.25, -0.2) is 8.42 Å². The number of Topliss-reactive ketones (excluding diaryl/α,β-unsaturated/α-hetero) is 1. The maximum Gasteiger partial charge on any atom is 0.182 e. The number of rotatable bonds is 1. The summed E-state index contributed by atoms with van der Waals surface area (Å²) in [4.78, 5) is 12.7. The average molecular weight is 383 g/mol. The van der Waals surface area contributed by atoms with Crippen LogP contribution in [0.4, 0.5) is 0 Å². The molecule has 9 atom stereocenters. The van der Waals surface area contributed by atoms with Gasteiger partial charge in [-0.2, -0.15) is 0 Å². The summed E-state index contributed by atoms with van der Waals surface area (Å²) in [5.41, 5.74) is -0.666. The average Bonchev–Trinajstić information content (AvgIpc) is 3.23. The van der Waals surface area contributed by atoms with Crippen LogP contribution in [-0.4, -0.2) is 48.6 Å². The van der Waals surface area contributed by atoms with Crippen molar-refractivity contribution >= 4 is 15.6 Å². The number of aliphatic hydroxyl groups excluding tert-OH is 1. The molecular formula is C20H30O5S. The summed E-state index contributed by atoms with van der Waals surface area (Å²) in [7, 11) is -3.42. The molecule has 0 aromatic rings. The zero-order chi connectivity index (χ0) is 18.7. The van der Waals surface area contributed by atoms with E-state index in [1.165, 1.54) is 6.26 Å². The van der Waals surface area contributed by atoms with Crippen molar-refractivity contribution in [2.45, 2.75) is 81.9 Å². The van der Waals surface area contributed by atoms with E-state index in [-0.39, 0.29) is 22.7 Å². The zero-order valence-electron chi connectivity index (χ0n) is 15.9. The number of sulfone groups is 1. The minimum atomic E-state index is -3.42. The summed E-state index contributed by atoms with van der Waals surface area (Å²) < 4.78 is 30.7. The Morgan fingerprint density at radius 3 is 2.50 bits per heavy atom. The highest BCUT2D eigenvalue weighted by Crippen LogP contribution is 2.72. The molecule has 26 heavy (non-hydrogen) atoms. The maximum absolute atomic E-state index is 12.7. The van der Waals surface area contributed by atoms with Crippen molar-refractivity contribution in [3.8, 4) is 0 Å². The van der Waals surface area contributed by atoms with Crippen LogP contribution < -0.4 is 0 Å². The number of hydrogen-bond donors (Lipinski definition) is 1. The Hall–Kier alpha value is -0.460. The molecule has 1 spiro atoms. The highest BCUT2D eigenvalue weighted by atomic mass is 32.2. The van der Waals surface area contributed by atoms with E-state index in [0.29, 0.717) is 24.2 Å². The number of carbonyl (C=O) groups is 1. The molecule has 0 radical (unpaired) electrons. The van der Waals surface area contributed by atoms with Crippen LogP contribution in [0.25, 0.3) is 0 Å². The molecule has 0 aromatic heterocycles. The molecule has 5 fully saturated rings. The molecule has 0 amide bonds. The molecule has 1 saturated heterocycles. The van der Waals surface area contributed by atoms with Crippen LogP contribution in [0.2, 0.25) is 0 Å². The third kappa shape index (κ3) is 1.89. The molecule has 146 valence electrons. The summed E-state index contributed by atoms with van der Waals surface area (Å²) >= 11 is 0. The van der Waals surface area contributed by atoms with Crippen LogP contribution in [0.15, 0.2) is 0 Å². The molecule has 5 aliphatic rings. The van der Waals surface area contributed by atoms with E-state index in [4.69, 9.17) is 4.74 Å². The van der Waals surface area contributed by atoms with Crippen LogP contribution >= 0.6 is 0 Å². The lowest BCUT2D eigenvalue weighted by Crippen LogP contribution is -2.61. The van der Waals surface area contributed by atoms with E-state index < -0.39 is 26.8 Å². The van der Waals surface area contributed by atoms with E-state index in [9.17, 15) is 18.3 Å². The molecule has 4 saturated carbocycles. The highest BCUT2D eigenvalue weighted by Gasteiger charge is 2.78. The Morgan fingerprint density at radius 1 is 1.08 bits per heavy atom. The number of ether oxygens (including phenoxy) is 1. The van der Waals surface area contributed by atoms with Gasteiger partial charge in [-0.1, -0.05) is 13.8 Å². The highest BCUT2D eigenvalue weighted by molar-refractivity contribution is 7.92. The fraction of sp³-hybridized carbons (Fsp3) is 0.950. The fourth-order valence-electron chi connectivity index (χ4n) is 7.86. The van der Waals surface area contributed by atoms with E-state index in [1.807, 2.05) is 0 Å². The van der Waals surface area contributed by atoms with Crippen LogP contribution in [0.5, 0.6) is 0 Å². The van der Waals surface area contributed by atoms with E-state index in [0.717, 1.165) is 38.5 Å². The first kappa shape index (κ1) is 17.6. The summed E-state index contributed by atoms with van der Waals surface area (Å²) in [6, 6.07) is 0. The summed E-state index contributed by atoms with van der Waals surface area (Å²) in [5, 5.41) is 9.66. The zero-order valence-corrected chi connectivity index (χ0v) is 16.7. The van der Waals surface area contributed by atoms with E-state index in [1.54, 1.807) is 0 Å². The van der Waals surface area contributed by atoms with Gasteiger partial charge in [0.05, 0.1) is 6.10 Å². The standard InChI is InChI=1S/C20H30O5S/c1-18-8-7-13-11(12(18)4-5-15(18)21)6-9-20-17(25-20)16(22)14(26(3,23)24)10-19(13,20)2/h11-15,17,21H,4-10H2,1-3H3/t11-,12-,13-,14?,15?,17?,18-,19+,20?/m0/s1. The molecular weight excluding hydrogens is 352 g/mol. The van der Waals surface area contributed by atoms with Gasteiger partial charge in [0.25, 0.3) is 0 Å². The van der Waals surface area contributed by atoms with Crippen molar-refractivity contribution in [1.82, 2.24) is 0 Å². The number of carbonyl (C=O) groups excluding carboxylic acids is 1. The Morgan fingerprint density at radius 2 is 1.81 bits per heavy atom. The Labute approximate surface area is 155 Å². The van der Waals surface area contributed by atoms with Crippen molar-refractivity contribution < 1.29 is 23.1 Å². The van der Waals surface area contributed by atoms with Gasteiger partial charge in [-0.15, -0.1) is 0 Å². The SMILES string of the molecule is C[C@]12CC[C@H]3[C@@H](CCC45OC4C(=O)C(S(C)(=O)=O)C[C@]35C)[C@@H]1CCC2O. The Balaban J connectivity index is 1.54. The van der Waals surface area contributed by atoms with E-state index in [2.05, 4.69) is 13.8 Å². The first-order valence-corrected chi connectivity index (χ1v) is 12.1. The number of epoxide rings is 1. The molecule has 1 N–H and O–H groups in total. The molecule has 0 bridgehead atoms. The molecule has 1 aliphatic heterocycles. The molecule has 4 unspecified atom stereocenters. The van der Waals surface area contributed by atoms with Crippen LogP contribution in [0.3, 0.4) is 0 Å². The normalized spacial score (nSPS) is 58.4. The van der Waals surface area contributed by atoms with E-state index >= 15 is 0 Å². The minimum absolute atomic E-state index is 0.00651.